The molecule has 1 saturated carbocycles. The van der Waals surface area contributed by atoms with Gasteiger partial charge in [-0.05, 0) is 35.5 Å². The van der Waals surface area contributed by atoms with E-state index in [1.807, 2.05) is 20.8 Å². The van der Waals surface area contributed by atoms with Crippen LogP contribution in [0.2, 0.25) is 18.1 Å². The quantitative estimate of drug-likeness (QED) is 0.412. The lowest BCUT2D eigenvalue weighted by molar-refractivity contribution is -0.185. The fraction of sp³-hybridized carbons (Fsp3) is 0.762. The summed E-state index contributed by atoms with van der Waals surface area (Å²) in [4.78, 5) is 39.5. The number of Topliss-reactive ketones (excluding diaryl/α,β-unsaturated/α-hetero) is 1. The van der Waals surface area contributed by atoms with Crippen LogP contribution in [0, 0.1) is 22.7 Å². The van der Waals surface area contributed by atoms with Crippen LogP contribution in [0.25, 0.3) is 0 Å². The number of hydrogen-bond donors (Lipinski definition) is 0. The Bertz CT molecular complexity index is 685. The number of carbonyl (C=O) groups is 3. The second-order valence-corrected chi connectivity index (χ2v) is 15.0. The molecule has 5 nitrogen and oxygen atoms in total. The molecular weight excluding hydrogens is 360 g/mol. The monoisotopic (exact) mass is 394 g/mol. The van der Waals surface area contributed by atoms with Gasteiger partial charge in [0.2, 0.25) is 0 Å². The number of hydrogen-bond acceptors (Lipinski definition) is 5. The molecule has 27 heavy (non-hydrogen) atoms. The molecule has 0 radical (unpaired) electrons. The fourth-order valence-electron chi connectivity index (χ4n) is 4.23. The normalized spacial score (nSPS) is 33.6. The van der Waals surface area contributed by atoms with Crippen LogP contribution in [0.15, 0.2) is 12.2 Å². The van der Waals surface area contributed by atoms with Gasteiger partial charge in [0.15, 0.2) is 25.3 Å². The average Bonchev–Trinajstić information content (AvgIpc) is 2.52. The van der Waals surface area contributed by atoms with Crippen LogP contribution < -0.4 is 0 Å². The lowest BCUT2D eigenvalue weighted by Gasteiger charge is -2.56. The molecule has 0 N–H and O–H groups in total. The molecule has 0 aromatic carbocycles. The van der Waals surface area contributed by atoms with Crippen molar-refractivity contribution in [3.8, 4) is 0 Å². The molecule has 2 rings (SSSR count). The van der Waals surface area contributed by atoms with Gasteiger partial charge >= 0.3 is 5.97 Å². The maximum Gasteiger partial charge on any atom is 0.323 e. The number of ether oxygens (including phenoxy) is 1. The minimum absolute atomic E-state index is 0.0169. The molecule has 0 aromatic rings. The number of ketones is 2. The summed E-state index contributed by atoms with van der Waals surface area (Å²) in [6.45, 7) is 16.4. The van der Waals surface area contributed by atoms with Crippen LogP contribution >= 0.6 is 0 Å². The summed E-state index contributed by atoms with van der Waals surface area (Å²) in [6.07, 6.45) is 2.56. The van der Waals surface area contributed by atoms with E-state index >= 15 is 0 Å². The van der Waals surface area contributed by atoms with Crippen molar-refractivity contribution in [1.29, 1.82) is 0 Å². The van der Waals surface area contributed by atoms with Gasteiger partial charge in [0.25, 0.3) is 0 Å². The molecule has 0 spiro atoms. The zero-order valence-corrected chi connectivity index (χ0v) is 19.1. The average molecular weight is 395 g/mol. The first-order valence-electron chi connectivity index (χ1n) is 9.65. The van der Waals surface area contributed by atoms with Crippen molar-refractivity contribution in [2.24, 2.45) is 22.7 Å². The molecule has 0 bridgehead atoms. The predicted molar refractivity (Wildman–Crippen MR) is 107 cm³/mol. The molecule has 0 aliphatic heterocycles. The Morgan fingerprint density at radius 3 is 2.26 bits per heavy atom. The van der Waals surface area contributed by atoms with Crippen molar-refractivity contribution < 1.29 is 23.5 Å². The molecule has 0 unspecified atom stereocenters. The number of carbonyl (C=O) groups excluding carboxylic acids is 3. The summed E-state index contributed by atoms with van der Waals surface area (Å²) in [7, 11) is -1.04. The lowest BCUT2D eigenvalue weighted by Crippen LogP contribution is -2.67. The summed E-state index contributed by atoms with van der Waals surface area (Å²) >= 11 is 0. The van der Waals surface area contributed by atoms with Gasteiger partial charge in [-0.25, -0.2) is 0 Å². The zero-order chi connectivity index (χ0) is 21.0. The van der Waals surface area contributed by atoms with Crippen LogP contribution in [0.3, 0.4) is 0 Å². The highest BCUT2D eigenvalue weighted by atomic mass is 28.4. The molecular formula is C21H34O5Si. The van der Waals surface area contributed by atoms with E-state index in [-0.39, 0.29) is 28.9 Å². The van der Waals surface area contributed by atoms with Gasteiger partial charge in [0, 0.05) is 6.42 Å². The van der Waals surface area contributed by atoms with Crippen LogP contribution in [0.5, 0.6) is 0 Å². The van der Waals surface area contributed by atoms with Gasteiger partial charge in [0.1, 0.15) is 0 Å². The Morgan fingerprint density at radius 2 is 1.78 bits per heavy atom. The van der Waals surface area contributed by atoms with Crippen molar-refractivity contribution in [2.45, 2.75) is 72.2 Å². The van der Waals surface area contributed by atoms with Gasteiger partial charge in [-0.3, -0.25) is 14.4 Å². The van der Waals surface area contributed by atoms with Gasteiger partial charge in [-0.1, -0.05) is 47.6 Å². The van der Waals surface area contributed by atoms with Crippen molar-refractivity contribution in [3.05, 3.63) is 12.2 Å². The minimum atomic E-state index is -2.31. The smallest absolute Gasteiger partial charge is 0.323 e. The SMILES string of the molecule is COC(=O)[C@@]12C(=O)C[C@@H](C)C(C)(C)[C@@H]1C(=O)C=C[C@H]2O[Si](C)(C)C(C)(C)C. The maximum absolute atomic E-state index is 13.4. The zero-order valence-electron chi connectivity index (χ0n) is 18.1. The molecule has 0 aromatic heterocycles. The maximum atomic E-state index is 13.4. The third-order valence-corrected chi connectivity index (χ3v) is 11.8. The summed E-state index contributed by atoms with van der Waals surface area (Å²) in [5.41, 5.74) is -2.13. The highest BCUT2D eigenvalue weighted by molar-refractivity contribution is 6.74. The molecule has 0 heterocycles. The standard InChI is InChI=1S/C21H34O5Si/c1-13-12-15(23)21(18(24)25-7)16(26-27(8,9)19(2,3)4)11-10-14(22)17(21)20(13,5)6/h10-11,13,16-17H,12H2,1-9H3/t13-,16-,17+,21-/m1/s1. The van der Waals surface area contributed by atoms with E-state index in [9.17, 15) is 14.4 Å². The summed E-state index contributed by atoms with van der Waals surface area (Å²) in [5, 5.41) is -0.102. The molecule has 1 fully saturated rings. The van der Waals surface area contributed by atoms with Crippen molar-refractivity contribution in [2.75, 3.05) is 7.11 Å². The fourth-order valence-corrected chi connectivity index (χ4v) is 5.48. The summed E-state index contributed by atoms with van der Waals surface area (Å²) in [6, 6.07) is 0. The number of rotatable bonds is 3. The molecule has 6 heteroatoms. The number of allylic oxidation sites excluding steroid dienone is 1. The van der Waals surface area contributed by atoms with Crippen LogP contribution in [0.4, 0.5) is 0 Å². The molecule has 2 aliphatic carbocycles. The predicted octanol–water partition coefficient (Wildman–Crippen LogP) is 3.93. The molecule has 2 aliphatic rings. The van der Waals surface area contributed by atoms with Crippen molar-refractivity contribution in [1.82, 2.24) is 0 Å². The van der Waals surface area contributed by atoms with Crippen molar-refractivity contribution >= 4 is 25.9 Å². The first-order valence-corrected chi connectivity index (χ1v) is 12.6. The Balaban J connectivity index is 2.71. The number of fused-ring (bicyclic) bond motifs is 1. The van der Waals surface area contributed by atoms with Crippen LogP contribution in [-0.2, 0) is 23.5 Å². The molecule has 0 amide bonds. The van der Waals surface area contributed by atoms with Gasteiger partial charge in [-0.15, -0.1) is 0 Å². The van der Waals surface area contributed by atoms with E-state index in [0.717, 1.165) is 0 Å². The topological polar surface area (TPSA) is 69.7 Å². The van der Waals surface area contributed by atoms with E-state index in [1.165, 1.54) is 13.2 Å². The molecule has 4 atom stereocenters. The van der Waals surface area contributed by atoms with E-state index in [2.05, 4.69) is 33.9 Å². The van der Waals surface area contributed by atoms with Gasteiger partial charge < -0.3 is 9.16 Å². The first kappa shape index (κ1) is 22.0. The molecule has 152 valence electrons. The Labute approximate surface area is 164 Å². The Hall–Kier alpha value is -1.27. The lowest BCUT2D eigenvalue weighted by atomic mass is 9.47. The largest absolute Gasteiger partial charge is 0.468 e. The second-order valence-electron chi connectivity index (χ2n) is 10.2. The van der Waals surface area contributed by atoms with Crippen LogP contribution in [-0.4, -0.2) is 39.1 Å². The highest BCUT2D eigenvalue weighted by Crippen LogP contribution is 2.57. The van der Waals surface area contributed by atoms with Crippen LogP contribution in [0.1, 0.15) is 48.0 Å². The van der Waals surface area contributed by atoms with Gasteiger partial charge in [0.05, 0.1) is 19.1 Å². The second kappa shape index (κ2) is 6.66. The van der Waals surface area contributed by atoms with Crippen molar-refractivity contribution in [3.63, 3.8) is 0 Å². The summed E-state index contributed by atoms with van der Waals surface area (Å²) < 4.78 is 11.7. The molecule has 0 saturated heterocycles. The summed E-state index contributed by atoms with van der Waals surface area (Å²) in [5.74, 6) is -1.89. The van der Waals surface area contributed by atoms with E-state index < -0.39 is 37.1 Å². The Morgan fingerprint density at radius 1 is 1.22 bits per heavy atom. The third kappa shape index (κ3) is 3.14. The first-order chi connectivity index (χ1) is 12.1. The third-order valence-electron chi connectivity index (χ3n) is 7.34. The van der Waals surface area contributed by atoms with E-state index in [0.29, 0.717) is 0 Å². The van der Waals surface area contributed by atoms with E-state index in [1.54, 1.807) is 6.08 Å². The van der Waals surface area contributed by atoms with E-state index in [4.69, 9.17) is 9.16 Å². The minimum Gasteiger partial charge on any atom is -0.468 e. The highest BCUT2D eigenvalue weighted by Gasteiger charge is 2.69. The number of methoxy groups -OCH3 is 1. The number of esters is 1. The Kier molecular flexibility index (Phi) is 5.43. The van der Waals surface area contributed by atoms with Gasteiger partial charge in [-0.2, -0.15) is 0 Å².